The molecule has 2 heterocycles. The smallest absolute Gasteiger partial charge is 0.234 e. The van der Waals surface area contributed by atoms with Gasteiger partial charge in [0.05, 0.1) is 18.7 Å². The monoisotopic (exact) mass is 510 g/mol. The van der Waals surface area contributed by atoms with E-state index in [1.54, 1.807) is 19.2 Å². The number of benzene rings is 2. The lowest BCUT2D eigenvalue weighted by Gasteiger charge is -2.35. The maximum absolute atomic E-state index is 13.7. The van der Waals surface area contributed by atoms with E-state index in [9.17, 15) is 9.59 Å². The number of fused-ring (bicyclic) bond motifs is 1. The Hall–Kier alpha value is -3.13. The number of ketones is 1. The number of carbonyl (C=O) groups is 2. The summed E-state index contributed by atoms with van der Waals surface area (Å²) in [7, 11) is 1.56. The molecule has 0 aromatic heterocycles. The van der Waals surface area contributed by atoms with Crippen molar-refractivity contribution < 1.29 is 23.8 Å². The number of hydrogen-bond donors (Lipinski definition) is 1. The van der Waals surface area contributed by atoms with Gasteiger partial charge in [-0.1, -0.05) is 28.1 Å². The van der Waals surface area contributed by atoms with Gasteiger partial charge in [-0.2, -0.15) is 0 Å². The Balaban J connectivity index is 1.62. The van der Waals surface area contributed by atoms with Crippen LogP contribution in [0.3, 0.4) is 0 Å². The molecular formula is C25H23BrN2O5. The van der Waals surface area contributed by atoms with E-state index < -0.39 is 11.8 Å². The van der Waals surface area contributed by atoms with Gasteiger partial charge in [0.25, 0.3) is 0 Å². The van der Waals surface area contributed by atoms with Crippen molar-refractivity contribution in [2.24, 2.45) is 10.9 Å². The maximum atomic E-state index is 13.7. The number of carbonyl (C=O) groups excluding carboxylic acids is 2. The van der Waals surface area contributed by atoms with E-state index in [1.807, 2.05) is 31.2 Å². The summed E-state index contributed by atoms with van der Waals surface area (Å²) in [6.07, 6.45) is 1.94. The number of halogens is 1. The average Bonchev–Trinajstić information content (AvgIpc) is 3.25. The highest BCUT2D eigenvalue weighted by atomic mass is 79.9. The van der Waals surface area contributed by atoms with E-state index in [0.29, 0.717) is 40.6 Å². The Morgan fingerprint density at radius 2 is 1.94 bits per heavy atom. The molecule has 5 rings (SSSR count). The van der Waals surface area contributed by atoms with Crippen molar-refractivity contribution in [1.29, 1.82) is 0 Å². The Morgan fingerprint density at radius 1 is 1.18 bits per heavy atom. The molecule has 0 saturated heterocycles. The van der Waals surface area contributed by atoms with Crippen LogP contribution in [0.5, 0.6) is 17.2 Å². The second kappa shape index (κ2) is 8.67. The van der Waals surface area contributed by atoms with Gasteiger partial charge in [0.15, 0.2) is 17.3 Å². The Kier molecular flexibility index (Phi) is 5.70. The van der Waals surface area contributed by atoms with E-state index >= 15 is 0 Å². The molecule has 2 aliphatic heterocycles. The number of allylic oxidation sites excluding steroid dienone is 2. The summed E-state index contributed by atoms with van der Waals surface area (Å²) in [5, 5.41) is 2.99. The lowest BCUT2D eigenvalue weighted by atomic mass is 9.71. The van der Waals surface area contributed by atoms with E-state index in [2.05, 4.69) is 21.2 Å². The summed E-state index contributed by atoms with van der Waals surface area (Å²) in [4.78, 5) is 31.6. The van der Waals surface area contributed by atoms with Gasteiger partial charge in [-0.05, 0) is 49.6 Å². The number of Topliss-reactive ketones (excluding diaryl/α,β-unsaturated/α-hetero) is 1. The molecular weight excluding hydrogens is 488 g/mol. The molecule has 0 spiro atoms. The molecule has 7 nitrogen and oxygen atoms in total. The van der Waals surface area contributed by atoms with Gasteiger partial charge in [0, 0.05) is 33.8 Å². The fraction of sp³-hybridized carbons (Fsp3) is 0.320. The van der Waals surface area contributed by atoms with Crippen molar-refractivity contribution in [1.82, 2.24) is 0 Å². The first-order valence-electron chi connectivity index (χ1n) is 10.8. The van der Waals surface area contributed by atoms with Crippen molar-refractivity contribution in [2.75, 3.05) is 19.2 Å². The minimum atomic E-state index is -0.674. The van der Waals surface area contributed by atoms with Gasteiger partial charge in [-0.3, -0.25) is 14.6 Å². The highest BCUT2D eigenvalue weighted by Crippen LogP contribution is 2.48. The lowest BCUT2D eigenvalue weighted by Crippen LogP contribution is -2.39. The molecule has 2 aromatic rings. The van der Waals surface area contributed by atoms with Crippen molar-refractivity contribution in [2.45, 2.75) is 32.1 Å². The molecule has 1 unspecified atom stereocenters. The van der Waals surface area contributed by atoms with Gasteiger partial charge in [0.2, 0.25) is 12.7 Å². The highest BCUT2D eigenvalue weighted by molar-refractivity contribution is 9.10. The number of ether oxygens (including phenoxy) is 3. The van der Waals surface area contributed by atoms with Crippen LogP contribution in [0.2, 0.25) is 0 Å². The number of anilines is 1. The zero-order valence-electron chi connectivity index (χ0n) is 18.3. The Morgan fingerprint density at radius 3 is 2.73 bits per heavy atom. The summed E-state index contributed by atoms with van der Waals surface area (Å²) in [5.41, 5.74) is 3.43. The third-order valence-electron chi connectivity index (χ3n) is 6.31. The van der Waals surface area contributed by atoms with Crippen LogP contribution in [-0.2, 0) is 9.59 Å². The molecule has 2 aromatic carbocycles. The van der Waals surface area contributed by atoms with Gasteiger partial charge in [-0.25, -0.2) is 0 Å². The largest absolute Gasteiger partial charge is 0.495 e. The zero-order chi connectivity index (χ0) is 23.1. The van der Waals surface area contributed by atoms with Crippen LogP contribution < -0.4 is 19.5 Å². The number of aliphatic imine (C=N–C) groups is 1. The van der Waals surface area contributed by atoms with Crippen LogP contribution >= 0.6 is 15.9 Å². The summed E-state index contributed by atoms with van der Waals surface area (Å²) in [6, 6.07) is 10.9. The van der Waals surface area contributed by atoms with Gasteiger partial charge >= 0.3 is 0 Å². The van der Waals surface area contributed by atoms with Crippen LogP contribution in [0.15, 0.2) is 57.1 Å². The topological polar surface area (TPSA) is 86.2 Å². The van der Waals surface area contributed by atoms with Crippen LogP contribution in [0.1, 0.15) is 37.7 Å². The molecule has 8 heteroatoms. The van der Waals surface area contributed by atoms with Gasteiger partial charge < -0.3 is 19.5 Å². The first-order valence-corrected chi connectivity index (χ1v) is 11.6. The minimum Gasteiger partial charge on any atom is -0.495 e. The first-order chi connectivity index (χ1) is 16.0. The zero-order valence-corrected chi connectivity index (χ0v) is 19.9. The van der Waals surface area contributed by atoms with Crippen LogP contribution in [0, 0.1) is 5.92 Å². The average molecular weight is 511 g/mol. The first kappa shape index (κ1) is 21.7. The normalized spacial score (nSPS) is 21.4. The number of para-hydroxylation sites is 2. The summed E-state index contributed by atoms with van der Waals surface area (Å²) in [6.45, 7) is 1.99. The molecule has 2 atom stereocenters. The number of methoxy groups -OCH3 is 1. The third-order valence-corrected chi connectivity index (χ3v) is 7.00. The fourth-order valence-electron chi connectivity index (χ4n) is 4.81. The fourth-order valence-corrected chi connectivity index (χ4v) is 5.38. The molecule has 0 bridgehead atoms. The van der Waals surface area contributed by atoms with Crippen LogP contribution in [0.4, 0.5) is 5.69 Å². The number of nitrogens with one attached hydrogen (secondary N) is 1. The molecule has 0 saturated carbocycles. The highest BCUT2D eigenvalue weighted by Gasteiger charge is 2.43. The Labute approximate surface area is 200 Å². The minimum absolute atomic E-state index is 0.0390. The van der Waals surface area contributed by atoms with Crippen LogP contribution in [0.25, 0.3) is 0 Å². The SMILES string of the molecule is COc1ccccc1NC(=O)C1C(C)=NC2=C(C(=O)CCC2)[C@@H]1c1cc2c(cc1Br)OCO2. The van der Waals surface area contributed by atoms with E-state index in [1.165, 1.54) is 0 Å². The van der Waals surface area contributed by atoms with E-state index in [0.717, 1.165) is 28.6 Å². The Bertz CT molecular complexity index is 1220. The number of nitrogens with zero attached hydrogens (tertiary/aromatic N) is 1. The van der Waals surface area contributed by atoms with Crippen molar-refractivity contribution in [3.05, 3.63) is 57.7 Å². The number of hydrogen-bond acceptors (Lipinski definition) is 6. The van der Waals surface area contributed by atoms with Crippen molar-refractivity contribution in [3.63, 3.8) is 0 Å². The van der Waals surface area contributed by atoms with Crippen LogP contribution in [-0.4, -0.2) is 31.3 Å². The summed E-state index contributed by atoms with van der Waals surface area (Å²) >= 11 is 3.65. The quantitative estimate of drug-likeness (QED) is 0.624. The maximum Gasteiger partial charge on any atom is 0.234 e. The predicted octanol–water partition coefficient (Wildman–Crippen LogP) is 5.01. The second-order valence-electron chi connectivity index (χ2n) is 8.26. The van der Waals surface area contributed by atoms with E-state index in [4.69, 9.17) is 19.2 Å². The molecule has 0 fully saturated rings. The second-order valence-corrected chi connectivity index (χ2v) is 9.12. The van der Waals surface area contributed by atoms with E-state index in [-0.39, 0.29) is 18.5 Å². The van der Waals surface area contributed by atoms with Crippen molar-refractivity contribution in [3.8, 4) is 17.2 Å². The van der Waals surface area contributed by atoms with Gasteiger partial charge in [0.1, 0.15) is 5.75 Å². The summed E-state index contributed by atoms with van der Waals surface area (Å²) < 4.78 is 17.3. The molecule has 1 aliphatic carbocycles. The third kappa shape index (κ3) is 3.82. The molecule has 3 aliphatic rings. The molecule has 1 N–H and O–H groups in total. The molecule has 0 radical (unpaired) electrons. The molecule has 33 heavy (non-hydrogen) atoms. The lowest BCUT2D eigenvalue weighted by molar-refractivity contribution is -0.119. The standard InChI is InChI=1S/C25H23BrN2O5/c1-13-22(25(30)28-16-6-3-4-9-19(16)31-2)23(24-17(27-13)7-5-8-18(24)29)14-10-20-21(11-15(14)26)33-12-32-20/h3-4,6,9-11,22-23H,5,7-8,12H2,1-2H3,(H,28,30)/t22?,23-/m1/s1. The predicted molar refractivity (Wildman–Crippen MR) is 127 cm³/mol. The molecule has 1 amide bonds. The van der Waals surface area contributed by atoms with Gasteiger partial charge in [-0.15, -0.1) is 0 Å². The van der Waals surface area contributed by atoms with Crippen molar-refractivity contribution >= 4 is 39.0 Å². The summed E-state index contributed by atoms with van der Waals surface area (Å²) in [5.74, 6) is 0.410. The number of rotatable bonds is 4. The number of amides is 1. The molecule has 170 valence electrons.